The molecule has 0 unspecified atom stereocenters. The molecule has 0 aromatic heterocycles. The molecule has 0 heterocycles. The van der Waals surface area contributed by atoms with Gasteiger partial charge in [-0.25, -0.2) is 0 Å². The first-order valence-corrected chi connectivity index (χ1v) is 12.2. The van der Waals surface area contributed by atoms with Crippen LogP contribution in [0, 0.1) is 23.7 Å². The van der Waals surface area contributed by atoms with Crippen LogP contribution < -0.4 is 9.79 Å². The molecule has 0 aromatic carbocycles. The van der Waals surface area contributed by atoms with Crippen molar-refractivity contribution in [3.05, 3.63) is 0 Å². The first kappa shape index (κ1) is 28.9. The quantitative estimate of drug-likeness (QED) is 0.478. The Morgan fingerprint density at radius 1 is 0.565 bits per heavy atom. The van der Waals surface area contributed by atoms with Crippen molar-refractivity contribution in [2.24, 2.45) is 23.7 Å². The van der Waals surface area contributed by atoms with Crippen molar-refractivity contribution in [2.45, 2.75) is 55.4 Å². The predicted molar refractivity (Wildman–Crippen MR) is 99.8 cm³/mol. The van der Waals surface area contributed by atoms with Gasteiger partial charge < -0.3 is 18.9 Å². The van der Waals surface area contributed by atoms with Crippen molar-refractivity contribution in [3.8, 4) is 0 Å². The van der Waals surface area contributed by atoms with Gasteiger partial charge in [-0.3, -0.25) is 0 Å². The van der Waals surface area contributed by atoms with E-state index in [1.165, 1.54) is 0 Å². The van der Waals surface area contributed by atoms with Crippen molar-refractivity contribution in [1.29, 1.82) is 0 Å². The van der Waals surface area contributed by atoms with E-state index in [-0.39, 0.29) is 46.7 Å². The van der Waals surface area contributed by atoms with Crippen LogP contribution in [-0.2, 0) is 9.13 Å². The summed E-state index contributed by atoms with van der Waals surface area (Å²) >= 11 is 0. The van der Waals surface area contributed by atoms with Gasteiger partial charge in [-0.2, -0.15) is 0 Å². The van der Waals surface area contributed by atoms with Crippen molar-refractivity contribution >= 4 is 37.8 Å². The Balaban J connectivity index is -0.000000333. The summed E-state index contributed by atoms with van der Waals surface area (Å²) in [5, 5.41) is 0. The summed E-state index contributed by atoms with van der Waals surface area (Å²) < 4.78 is 22.6. The SMILES string of the molecule is CC(C)CP(=O)([O-])CC(C)C.CC(C)CP(=O)([O-])CC(C)C.[Mg+2]. The molecule has 0 bridgehead atoms. The topological polar surface area (TPSA) is 80.3 Å². The molecule has 4 nitrogen and oxygen atoms in total. The van der Waals surface area contributed by atoms with E-state index in [4.69, 9.17) is 0 Å². The molecule has 23 heavy (non-hydrogen) atoms. The molecule has 136 valence electrons. The van der Waals surface area contributed by atoms with Gasteiger partial charge in [0.25, 0.3) is 0 Å². The molecule has 0 aromatic rings. The molecular weight excluding hydrogens is 342 g/mol. The Kier molecular flexibility index (Phi) is 16.8. The van der Waals surface area contributed by atoms with Gasteiger partial charge in [0.05, 0.1) is 0 Å². The van der Waals surface area contributed by atoms with E-state index in [1.807, 2.05) is 55.4 Å². The van der Waals surface area contributed by atoms with E-state index < -0.39 is 14.7 Å². The van der Waals surface area contributed by atoms with Crippen LogP contribution in [0.2, 0.25) is 0 Å². The Bertz CT molecular complexity index is 318. The Morgan fingerprint density at radius 2 is 0.696 bits per heavy atom. The summed E-state index contributed by atoms with van der Waals surface area (Å²) in [6, 6.07) is 0. The van der Waals surface area contributed by atoms with Gasteiger partial charge in [0.2, 0.25) is 0 Å². The minimum absolute atomic E-state index is 0. The minimum Gasteiger partial charge on any atom is -0.799 e. The molecule has 0 fully saturated rings. The maximum atomic E-state index is 11.3. The second-order valence-corrected chi connectivity index (χ2v) is 12.7. The van der Waals surface area contributed by atoms with Crippen LogP contribution >= 0.6 is 14.7 Å². The average Bonchev–Trinajstić information content (AvgIpc) is 2.06. The third-order valence-corrected chi connectivity index (χ3v) is 7.72. The van der Waals surface area contributed by atoms with Crippen LogP contribution in [-0.4, -0.2) is 47.7 Å². The van der Waals surface area contributed by atoms with E-state index >= 15 is 0 Å². The minimum atomic E-state index is -3.05. The average molecular weight is 379 g/mol. The Hall–Kier alpha value is 1.15. The molecule has 0 rings (SSSR count). The third kappa shape index (κ3) is 23.1. The van der Waals surface area contributed by atoms with Gasteiger partial charge in [-0.05, 0) is 48.3 Å². The summed E-state index contributed by atoms with van der Waals surface area (Å²) in [6.07, 6.45) is 1.41. The summed E-state index contributed by atoms with van der Waals surface area (Å²) in [4.78, 5) is 22.6. The summed E-state index contributed by atoms with van der Waals surface area (Å²) in [5.74, 6) is 1.04. The predicted octanol–water partition coefficient (Wildman–Crippen LogP) is 3.49. The molecule has 0 aliphatic rings. The summed E-state index contributed by atoms with van der Waals surface area (Å²) in [6.45, 7) is 15.5. The van der Waals surface area contributed by atoms with Crippen LogP contribution in [0.3, 0.4) is 0 Å². The van der Waals surface area contributed by atoms with E-state index in [1.54, 1.807) is 0 Å². The van der Waals surface area contributed by atoms with Crippen molar-refractivity contribution in [2.75, 3.05) is 24.6 Å². The number of hydrogen-bond donors (Lipinski definition) is 0. The van der Waals surface area contributed by atoms with Crippen LogP contribution in [0.1, 0.15) is 55.4 Å². The van der Waals surface area contributed by atoms with Crippen molar-refractivity contribution < 1.29 is 18.9 Å². The smallest absolute Gasteiger partial charge is 0.799 e. The molecule has 0 N–H and O–H groups in total. The van der Waals surface area contributed by atoms with Gasteiger partial charge >= 0.3 is 23.1 Å². The Labute approximate surface area is 160 Å². The number of rotatable bonds is 8. The molecule has 0 atom stereocenters. The van der Waals surface area contributed by atoms with Gasteiger partial charge in [0, 0.05) is 14.7 Å². The van der Waals surface area contributed by atoms with Crippen LogP contribution in [0.5, 0.6) is 0 Å². The van der Waals surface area contributed by atoms with Gasteiger partial charge in [-0.15, -0.1) is 0 Å². The van der Waals surface area contributed by atoms with E-state index in [0.717, 1.165) is 0 Å². The van der Waals surface area contributed by atoms with Gasteiger partial charge in [0.1, 0.15) is 0 Å². The fourth-order valence-corrected chi connectivity index (χ4v) is 7.12. The zero-order valence-electron chi connectivity index (χ0n) is 16.4. The summed E-state index contributed by atoms with van der Waals surface area (Å²) in [5.41, 5.74) is 0. The number of hydrogen-bond acceptors (Lipinski definition) is 4. The molecule has 0 aliphatic heterocycles. The second kappa shape index (κ2) is 13.4. The van der Waals surface area contributed by atoms with E-state index in [9.17, 15) is 18.9 Å². The molecule has 7 heteroatoms. The monoisotopic (exact) mass is 378 g/mol. The zero-order valence-corrected chi connectivity index (χ0v) is 19.6. The molecule has 0 amide bonds. The maximum Gasteiger partial charge on any atom is 2.00 e. The van der Waals surface area contributed by atoms with Gasteiger partial charge in [0.15, 0.2) is 0 Å². The molecule has 0 saturated heterocycles. The molecule has 0 aliphatic carbocycles. The standard InChI is InChI=1S/2C8H19O2P.Mg/c2*1-7(2)5-11(9,10)6-8(3)4;/h2*7-8H,5-6H2,1-4H3,(H,9,10);/q;;+2/p-2. The fraction of sp³-hybridized carbons (Fsp3) is 1.00. The van der Waals surface area contributed by atoms with E-state index in [2.05, 4.69) is 0 Å². The largest absolute Gasteiger partial charge is 2.00 e. The van der Waals surface area contributed by atoms with Crippen LogP contribution in [0.25, 0.3) is 0 Å². The molecule has 0 spiro atoms. The van der Waals surface area contributed by atoms with Crippen molar-refractivity contribution in [1.82, 2.24) is 0 Å². The molecule has 0 saturated carbocycles. The maximum absolute atomic E-state index is 11.3. The van der Waals surface area contributed by atoms with Crippen molar-refractivity contribution in [3.63, 3.8) is 0 Å². The van der Waals surface area contributed by atoms with Crippen LogP contribution in [0.4, 0.5) is 0 Å². The van der Waals surface area contributed by atoms with Gasteiger partial charge in [-0.1, -0.05) is 55.4 Å². The normalized spacial score (nSPS) is 12.4. The second-order valence-electron chi connectivity index (χ2n) is 7.93. The first-order valence-electron chi connectivity index (χ1n) is 8.25. The zero-order chi connectivity index (χ0) is 18.1. The molecular formula is C16H36MgO4P2. The molecule has 0 radical (unpaired) electrons. The Morgan fingerprint density at radius 3 is 0.783 bits per heavy atom. The van der Waals surface area contributed by atoms with Crippen LogP contribution in [0.15, 0.2) is 0 Å². The fourth-order valence-electron chi connectivity index (χ4n) is 2.37. The first-order chi connectivity index (χ1) is 9.67. The van der Waals surface area contributed by atoms with E-state index in [0.29, 0.717) is 24.6 Å². The third-order valence-electron chi connectivity index (χ3n) is 2.57. The summed E-state index contributed by atoms with van der Waals surface area (Å²) in [7, 11) is -6.11.